The van der Waals surface area contributed by atoms with Crippen LogP contribution in [0.3, 0.4) is 0 Å². The van der Waals surface area contributed by atoms with Gasteiger partial charge >= 0.3 is 6.09 Å². The van der Waals surface area contributed by atoms with E-state index in [1.807, 2.05) is 6.92 Å². The third kappa shape index (κ3) is 2.53. The van der Waals surface area contributed by atoms with Gasteiger partial charge in [0, 0.05) is 28.7 Å². The van der Waals surface area contributed by atoms with E-state index in [-0.39, 0.29) is 11.4 Å². The number of aromatic hydroxyl groups is 1. The molecule has 28 heavy (non-hydrogen) atoms. The minimum absolute atomic E-state index is 0.0412. The van der Waals surface area contributed by atoms with E-state index in [9.17, 15) is 20.0 Å². The number of benzene rings is 2. The van der Waals surface area contributed by atoms with Gasteiger partial charge in [-0.25, -0.2) is 4.79 Å². The number of cyclic esters (lactones) is 1. The molecule has 2 atom stereocenters. The summed E-state index contributed by atoms with van der Waals surface area (Å²) in [6, 6.07) is 7.71. The number of fused-ring (bicyclic) bond motifs is 3. The van der Waals surface area contributed by atoms with Crippen LogP contribution in [0.5, 0.6) is 11.5 Å². The largest absolute Gasteiger partial charge is 0.504 e. The maximum atomic E-state index is 12.6. The third-order valence-electron chi connectivity index (χ3n) is 5.54. The van der Waals surface area contributed by atoms with Crippen molar-refractivity contribution in [3.8, 4) is 11.5 Å². The van der Waals surface area contributed by atoms with E-state index in [2.05, 4.69) is 15.9 Å². The van der Waals surface area contributed by atoms with Gasteiger partial charge in [-0.1, -0.05) is 15.9 Å². The predicted molar refractivity (Wildman–Crippen MR) is 102 cm³/mol. The second-order valence-electron chi connectivity index (χ2n) is 6.96. The quantitative estimate of drug-likeness (QED) is 0.561. The first-order valence-electron chi connectivity index (χ1n) is 8.59. The van der Waals surface area contributed by atoms with Gasteiger partial charge in [-0.3, -0.25) is 15.0 Å². The number of nitrogens with zero attached hydrogens (tertiary/aromatic N) is 2. The average Bonchev–Trinajstić information content (AvgIpc) is 2.93. The molecule has 2 aliphatic rings. The highest BCUT2D eigenvalue weighted by Gasteiger charge is 2.56. The van der Waals surface area contributed by atoms with Gasteiger partial charge in [0.1, 0.15) is 5.54 Å². The molecule has 0 spiro atoms. The Morgan fingerprint density at radius 1 is 1.39 bits per heavy atom. The number of nitro benzene ring substituents is 1. The van der Waals surface area contributed by atoms with Crippen LogP contribution < -0.4 is 4.74 Å². The molecule has 2 aliphatic heterocycles. The van der Waals surface area contributed by atoms with Crippen molar-refractivity contribution < 1.29 is 24.3 Å². The molecule has 1 N–H and O–H groups in total. The van der Waals surface area contributed by atoms with Crippen molar-refractivity contribution in [1.29, 1.82) is 0 Å². The lowest BCUT2D eigenvalue weighted by atomic mass is 9.76. The fourth-order valence-corrected chi connectivity index (χ4v) is 4.57. The number of halogens is 1. The minimum Gasteiger partial charge on any atom is -0.504 e. The maximum Gasteiger partial charge on any atom is 0.411 e. The number of methoxy groups -OCH3 is 1. The van der Waals surface area contributed by atoms with Crippen LogP contribution in [0.15, 0.2) is 34.8 Å². The van der Waals surface area contributed by atoms with Crippen LogP contribution in [0.4, 0.5) is 10.5 Å². The van der Waals surface area contributed by atoms with Crippen molar-refractivity contribution in [2.24, 2.45) is 0 Å². The van der Waals surface area contributed by atoms with Gasteiger partial charge in [0.15, 0.2) is 17.6 Å². The molecular formula is C19H17BrN2O6. The zero-order valence-electron chi connectivity index (χ0n) is 15.1. The zero-order chi connectivity index (χ0) is 20.2. The van der Waals surface area contributed by atoms with Gasteiger partial charge in [0.05, 0.1) is 12.0 Å². The summed E-state index contributed by atoms with van der Waals surface area (Å²) in [6.45, 7) is 2.27. The number of rotatable bonds is 3. The summed E-state index contributed by atoms with van der Waals surface area (Å²) >= 11 is 3.43. The molecule has 0 radical (unpaired) electrons. The van der Waals surface area contributed by atoms with E-state index < -0.39 is 22.7 Å². The van der Waals surface area contributed by atoms with Crippen LogP contribution in [-0.4, -0.2) is 34.7 Å². The van der Waals surface area contributed by atoms with Gasteiger partial charge in [-0.05, 0) is 42.7 Å². The van der Waals surface area contributed by atoms with Gasteiger partial charge in [-0.2, -0.15) is 0 Å². The Morgan fingerprint density at radius 2 is 2.14 bits per heavy atom. The van der Waals surface area contributed by atoms with Gasteiger partial charge in [0.2, 0.25) is 0 Å². The molecule has 0 aromatic heterocycles. The number of phenols is 1. The maximum absolute atomic E-state index is 12.6. The number of amides is 1. The summed E-state index contributed by atoms with van der Waals surface area (Å²) in [7, 11) is 1.48. The van der Waals surface area contributed by atoms with Crippen LogP contribution >= 0.6 is 15.9 Å². The van der Waals surface area contributed by atoms with Crippen LogP contribution in [0.1, 0.15) is 29.7 Å². The minimum atomic E-state index is -0.938. The molecule has 1 fully saturated rings. The van der Waals surface area contributed by atoms with Gasteiger partial charge in [-0.15, -0.1) is 0 Å². The van der Waals surface area contributed by atoms with E-state index in [4.69, 9.17) is 9.47 Å². The van der Waals surface area contributed by atoms with Crippen LogP contribution in [0.2, 0.25) is 0 Å². The lowest BCUT2D eigenvalue weighted by Gasteiger charge is -2.41. The van der Waals surface area contributed by atoms with Crippen molar-refractivity contribution in [1.82, 2.24) is 4.90 Å². The SMILES string of the molecule is COc1cc2c(cc1O)[C@@]1(C)[C@H](c3cc([N+](=O)[O-])ccc3Br)OC(=O)N1CC2. The number of hydrogen-bond donors (Lipinski definition) is 1. The molecule has 0 bridgehead atoms. The second kappa shape index (κ2) is 6.37. The number of nitro groups is 1. The third-order valence-corrected chi connectivity index (χ3v) is 6.26. The van der Waals surface area contributed by atoms with E-state index in [0.717, 1.165) is 11.1 Å². The number of carbonyl (C=O) groups is 1. The molecule has 2 heterocycles. The zero-order valence-corrected chi connectivity index (χ0v) is 16.7. The standard InChI is InChI=1S/C19H17BrN2O6/c1-19-13-9-15(23)16(27-2)7-10(13)5-6-21(19)18(24)28-17(19)12-8-11(22(25)26)3-4-14(12)20/h3-4,7-9,17,23H,5-6H2,1-2H3/t17-,19-/m0/s1. The average molecular weight is 449 g/mol. The van der Waals surface area contributed by atoms with Crippen LogP contribution in [0, 0.1) is 10.1 Å². The summed E-state index contributed by atoms with van der Waals surface area (Å²) in [5.41, 5.74) is 1.12. The van der Waals surface area contributed by atoms with Crippen LogP contribution in [0.25, 0.3) is 0 Å². The number of phenolic OH excluding ortho intramolecular Hbond substituents is 1. The van der Waals surface area contributed by atoms with E-state index in [1.54, 1.807) is 23.1 Å². The van der Waals surface area contributed by atoms with Crippen molar-refractivity contribution >= 4 is 27.7 Å². The lowest BCUT2D eigenvalue weighted by Crippen LogP contribution is -2.48. The molecule has 8 nitrogen and oxygen atoms in total. The predicted octanol–water partition coefficient (Wildman–Crippen LogP) is 4.04. The monoisotopic (exact) mass is 448 g/mol. The number of carbonyl (C=O) groups excluding carboxylic acids is 1. The number of hydrogen-bond acceptors (Lipinski definition) is 6. The molecule has 1 saturated heterocycles. The molecule has 1 amide bonds. The molecule has 0 saturated carbocycles. The Kier molecular flexibility index (Phi) is 4.22. The highest BCUT2D eigenvalue weighted by Crippen LogP contribution is 2.54. The second-order valence-corrected chi connectivity index (χ2v) is 7.81. The van der Waals surface area contributed by atoms with Gasteiger partial charge in [0.25, 0.3) is 5.69 Å². The molecule has 0 unspecified atom stereocenters. The van der Waals surface area contributed by atoms with Crippen molar-refractivity contribution in [3.05, 3.63) is 61.6 Å². The molecule has 0 aliphatic carbocycles. The summed E-state index contributed by atoms with van der Waals surface area (Å²) in [4.78, 5) is 25.0. The van der Waals surface area contributed by atoms with Crippen LogP contribution in [-0.2, 0) is 16.7 Å². The Hall–Kier alpha value is -2.81. The first kappa shape index (κ1) is 18.5. The van der Waals surface area contributed by atoms with Gasteiger partial charge < -0.3 is 14.6 Å². The Morgan fingerprint density at radius 3 is 2.82 bits per heavy atom. The Balaban J connectivity index is 1.92. The van der Waals surface area contributed by atoms with E-state index >= 15 is 0 Å². The number of non-ortho nitro benzene ring substituents is 1. The molecule has 2 aromatic carbocycles. The van der Waals surface area contributed by atoms with E-state index in [0.29, 0.717) is 28.8 Å². The normalized spacial score (nSPS) is 23.0. The van der Waals surface area contributed by atoms with Crippen molar-refractivity contribution in [3.63, 3.8) is 0 Å². The molecule has 146 valence electrons. The fourth-order valence-electron chi connectivity index (χ4n) is 4.12. The molecule has 2 aromatic rings. The van der Waals surface area contributed by atoms with Crippen molar-refractivity contribution in [2.45, 2.75) is 25.0 Å². The summed E-state index contributed by atoms with van der Waals surface area (Å²) in [6.07, 6.45) is -0.701. The molecule has 9 heteroatoms. The fraction of sp³-hybridized carbons (Fsp3) is 0.316. The molecule has 4 rings (SSSR count). The summed E-state index contributed by atoms with van der Waals surface area (Å²) < 4.78 is 11.5. The first-order chi connectivity index (χ1) is 13.3. The Bertz CT molecular complexity index is 1010. The number of ether oxygens (including phenoxy) is 2. The highest BCUT2D eigenvalue weighted by atomic mass is 79.9. The lowest BCUT2D eigenvalue weighted by molar-refractivity contribution is -0.385. The summed E-state index contributed by atoms with van der Waals surface area (Å²) in [5.74, 6) is 0.314. The summed E-state index contributed by atoms with van der Waals surface area (Å²) in [5, 5.41) is 21.6. The van der Waals surface area contributed by atoms with Crippen molar-refractivity contribution in [2.75, 3.05) is 13.7 Å². The Labute approximate surface area is 168 Å². The smallest absolute Gasteiger partial charge is 0.411 e. The molecular weight excluding hydrogens is 432 g/mol. The highest BCUT2D eigenvalue weighted by molar-refractivity contribution is 9.10. The van der Waals surface area contributed by atoms with E-state index in [1.165, 1.54) is 19.2 Å². The first-order valence-corrected chi connectivity index (χ1v) is 9.39. The topological polar surface area (TPSA) is 102 Å².